The Morgan fingerprint density at radius 2 is 1.96 bits per heavy atom. The number of carbonyl (C=O) groups excluding carboxylic acids is 1. The lowest BCUT2D eigenvalue weighted by Crippen LogP contribution is -2.25. The summed E-state index contributed by atoms with van der Waals surface area (Å²) in [6, 6.07) is 10.4. The van der Waals surface area contributed by atoms with Gasteiger partial charge in [-0.15, -0.1) is 0 Å². The van der Waals surface area contributed by atoms with Crippen LogP contribution in [0.1, 0.15) is 47.8 Å². The van der Waals surface area contributed by atoms with Gasteiger partial charge in [0.2, 0.25) is 0 Å². The predicted molar refractivity (Wildman–Crippen MR) is 100 cm³/mol. The second kappa shape index (κ2) is 6.71. The van der Waals surface area contributed by atoms with Crippen molar-refractivity contribution in [1.29, 1.82) is 0 Å². The minimum absolute atomic E-state index is 0.107. The van der Waals surface area contributed by atoms with Crippen LogP contribution in [-0.2, 0) is 7.05 Å². The smallest absolute Gasteiger partial charge is 0.261 e. The Balaban J connectivity index is 1.82. The van der Waals surface area contributed by atoms with Crippen molar-refractivity contribution in [3.8, 4) is 0 Å². The molecule has 1 aliphatic rings. The summed E-state index contributed by atoms with van der Waals surface area (Å²) < 4.78 is 1.64. The maximum absolute atomic E-state index is 12.8. The van der Waals surface area contributed by atoms with Crippen LogP contribution in [0, 0.1) is 0 Å². The minimum atomic E-state index is -0.313. The van der Waals surface area contributed by atoms with Crippen molar-refractivity contribution in [2.24, 2.45) is 7.05 Å². The number of hydrogen-bond acceptors (Lipinski definition) is 4. The fourth-order valence-corrected chi connectivity index (χ4v) is 3.66. The van der Waals surface area contributed by atoms with Crippen LogP contribution >= 0.6 is 0 Å². The number of hydrogen-bond donors (Lipinski definition) is 1. The first-order valence-electron chi connectivity index (χ1n) is 8.87. The minimum Gasteiger partial charge on any atom is -0.306 e. The van der Waals surface area contributed by atoms with Crippen LogP contribution < -0.4 is 10.9 Å². The van der Waals surface area contributed by atoms with Gasteiger partial charge < -0.3 is 5.32 Å². The second-order valence-electron chi connectivity index (χ2n) is 6.69. The van der Waals surface area contributed by atoms with E-state index in [0.29, 0.717) is 22.3 Å². The first kappa shape index (κ1) is 16.4. The Bertz CT molecular complexity index is 1020. The molecule has 132 valence electrons. The van der Waals surface area contributed by atoms with Gasteiger partial charge in [-0.25, -0.2) is 9.97 Å². The van der Waals surface area contributed by atoms with Crippen LogP contribution in [0.5, 0.6) is 0 Å². The van der Waals surface area contributed by atoms with Crippen LogP contribution in [0.25, 0.3) is 10.9 Å². The normalized spacial score (nSPS) is 14.7. The van der Waals surface area contributed by atoms with Crippen molar-refractivity contribution < 1.29 is 4.79 Å². The van der Waals surface area contributed by atoms with E-state index in [1.807, 2.05) is 0 Å². The number of carbonyl (C=O) groups is 1. The predicted octanol–water partition coefficient (Wildman–Crippen LogP) is 3.24. The molecule has 0 bridgehead atoms. The van der Waals surface area contributed by atoms with Crippen LogP contribution in [0.3, 0.4) is 0 Å². The summed E-state index contributed by atoms with van der Waals surface area (Å²) in [5.74, 6) is 1.21. The van der Waals surface area contributed by atoms with Crippen molar-refractivity contribution in [3.63, 3.8) is 0 Å². The highest BCUT2D eigenvalue weighted by Crippen LogP contribution is 2.33. The number of amides is 1. The summed E-state index contributed by atoms with van der Waals surface area (Å²) in [7, 11) is 1.77. The van der Waals surface area contributed by atoms with Crippen LogP contribution in [0.2, 0.25) is 0 Å². The average molecular weight is 348 g/mol. The number of benzene rings is 1. The summed E-state index contributed by atoms with van der Waals surface area (Å²) >= 11 is 0. The lowest BCUT2D eigenvalue weighted by molar-refractivity contribution is 0.102. The van der Waals surface area contributed by atoms with E-state index in [1.165, 1.54) is 0 Å². The molecular weight excluding hydrogens is 328 g/mol. The van der Waals surface area contributed by atoms with Gasteiger partial charge in [0, 0.05) is 19.2 Å². The van der Waals surface area contributed by atoms with Crippen molar-refractivity contribution in [3.05, 3.63) is 64.3 Å². The van der Waals surface area contributed by atoms with Gasteiger partial charge in [0.25, 0.3) is 11.5 Å². The van der Waals surface area contributed by atoms with E-state index >= 15 is 0 Å². The summed E-state index contributed by atoms with van der Waals surface area (Å²) in [6.45, 7) is 0. The molecule has 0 aliphatic heterocycles. The van der Waals surface area contributed by atoms with Gasteiger partial charge in [0.05, 0.1) is 16.5 Å². The molecule has 0 radical (unpaired) electrons. The number of para-hydroxylation sites is 1. The van der Waals surface area contributed by atoms with Gasteiger partial charge in [0.1, 0.15) is 11.6 Å². The first-order valence-corrected chi connectivity index (χ1v) is 8.87. The Kier molecular flexibility index (Phi) is 4.24. The number of anilines is 1. The molecule has 3 aromatic rings. The molecule has 1 saturated carbocycles. The topological polar surface area (TPSA) is 76.9 Å². The number of fused-ring (bicyclic) bond motifs is 1. The molecule has 1 N–H and O–H groups in total. The SMILES string of the molecule is Cn1c(C2CCCC2)nc2c(C(=O)Nc3ccccn3)cccc2c1=O. The maximum Gasteiger partial charge on any atom is 0.261 e. The number of aromatic nitrogens is 3. The van der Waals surface area contributed by atoms with Crippen molar-refractivity contribution in [2.45, 2.75) is 31.6 Å². The molecule has 1 aliphatic carbocycles. The second-order valence-corrected chi connectivity index (χ2v) is 6.69. The Morgan fingerprint density at radius 3 is 2.69 bits per heavy atom. The molecule has 1 amide bonds. The van der Waals surface area contributed by atoms with Crippen molar-refractivity contribution in [1.82, 2.24) is 14.5 Å². The molecule has 1 fully saturated rings. The molecule has 0 spiro atoms. The van der Waals surface area contributed by atoms with E-state index in [4.69, 9.17) is 4.98 Å². The van der Waals surface area contributed by atoms with E-state index in [-0.39, 0.29) is 17.4 Å². The zero-order chi connectivity index (χ0) is 18.1. The molecule has 6 heteroatoms. The van der Waals surface area contributed by atoms with Crippen molar-refractivity contribution >= 4 is 22.6 Å². The average Bonchev–Trinajstić information content (AvgIpc) is 3.19. The van der Waals surface area contributed by atoms with Crippen LogP contribution in [0.4, 0.5) is 5.82 Å². The van der Waals surface area contributed by atoms with Gasteiger partial charge in [0.15, 0.2) is 0 Å². The van der Waals surface area contributed by atoms with Crippen molar-refractivity contribution in [2.75, 3.05) is 5.32 Å². The molecule has 6 nitrogen and oxygen atoms in total. The van der Waals surface area contributed by atoms with Crippen LogP contribution in [-0.4, -0.2) is 20.4 Å². The fraction of sp³-hybridized carbons (Fsp3) is 0.300. The standard InChI is InChI=1S/C20H20N4O2/c1-24-18(13-7-2-3-8-13)23-17-14(9-6-10-15(17)20(24)26)19(25)22-16-11-4-5-12-21-16/h4-6,9-13H,2-3,7-8H2,1H3,(H,21,22,25). The summed E-state index contributed by atoms with van der Waals surface area (Å²) in [4.78, 5) is 34.5. The third-order valence-corrected chi connectivity index (χ3v) is 5.01. The Labute approximate surface area is 150 Å². The van der Waals surface area contributed by atoms with E-state index < -0.39 is 0 Å². The van der Waals surface area contributed by atoms with E-state index in [0.717, 1.165) is 31.5 Å². The molecule has 0 unspecified atom stereocenters. The molecule has 1 aromatic carbocycles. The third-order valence-electron chi connectivity index (χ3n) is 5.01. The van der Waals surface area contributed by atoms with Gasteiger partial charge in [-0.05, 0) is 37.1 Å². The number of nitrogens with one attached hydrogen (secondary N) is 1. The monoisotopic (exact) mass is 348 g/mol. The third kappa shape index (κ3) is 2.87. The zero-order valence-electron chi connectivity index (χ0n) is 14.6. The van der Waals surface area contributed by atoms with E-state index in [2.05, 4.69) is 10.3 Å². The first-order chi connectivity index (χ1) is 12.6. The number of rotatable bonds is 3. The molecule has 2 aromatic heterocycles. The van der Waals surface area contributed by atoms with E-state index in [1.54, 1.807) is 54.2 Å². The Morgan fingerprint density at radius 1 is 1.15 bits per heavy atom. The highest BCUT2D eigenvalue weighted by atomic mass is 16.2. The fourth-order valence-electron chi connectivity index (χ4n) is 3.66. The summed E-state index contributed by atoms with van der Waals surface area (Å²) in [5, 5.41) is 3.24. The lowest BCUT2D eigenvalue weighted by Gasteiger charge is -2.15. The zero-order valence-corrected chi connectivity index (χ0v) is 14.6. The van der Waals surface area contributed by atoms with E-state index in [9.17, 15) is 9.59 Å². The van der Waals surface area contributed by atoms with Gasteiger partial charge in [-0.3, -0.25) is 14.2 Å². The van der Waals surface area contributed by atoms with Gasteiger partial charge >= 0.3 is 0 Å². The largest absolute Gasteiger partial charge is 0.306 e. The molecular formula is C20H20N4O2. The highest BCUT2D eigenvalue weighted by molar-refractivity contribution is 6.11. The quantitative estimate of drug-likeness (QED) is 0.788. The molecule has 4 rings (SSSR count). The highest BCUT2D eigenvalue weighted by Gasteiger charge is 2.23. The lowest BCUT2D eigenvalue weighted by atomic mass is 10.1. The Hall–Kier alpha value is -3.02. The summed E-state index contributed by atoms with van der Waals surface area (Å²) in [5.41, 5.74) is 0.750. The number of pyridine rings is 1. The molecule has 0 saturated heterocycles. The molecule has 26 heavy (non-hydrogen) atoms. The van der Waals surface area contributed by atoms with Gasteiger partial charge in [-0.1, -0.05) is 25.0 Å². The molecule has 2 heterocycles. The number of nitrogens with zero attached hydrogens (tertiary/aromatic N) is 3. The van der Waals surface area contributed by atoms with Gasteiger partial charge in [-0.2, -0.15) is 0 Å². The maximum atomic E-state index is 12.8. The molecule has 0 atom stereocenters. The van der Waals surface area contributed by atoms with Crippen LogP contribution in [0.15, 0.2) is 47.4 Å². The summed E-state index contributed by atoms with van der Waals surface area (Å²) in [6.07, 6.45) is 5.99.